The highest BCUT2D eigenvalue weighted by atomic mass is 19.4. The minimum Gasteiger partial charge on any atom is -0.308 e. The van der Waals surface area contributed by atoms with Crippen LogP contribution < -0.4 is 0 Å². The number of nitrogens with zero attached hydrogens (tertiary/aromatic N) is 3. The van der Waals surface area contributed by atoms with Crippen LogP contribution in [0.3, 0.4) is 0 Å². The molecule has 3 nitrogen and oxygen atoms in total. The highest BCUT2D eigenvalue weighted by Crippen LogP contribution is 2.44. The Morgan fingerprint density at radius 3 is 1.22 bits per heavy atom. The van der Waals surface area contributed by atoms with Crippen molar-refractivity contribution in [3.8, 4) is 28.6 Å². The molecule has 0 N–H and O–H groups in total. The van der Waals surface area contributed by atoms with Gasteiger partial charge in [0.2, 0.25) is 0 Å². The predicted octanol–water partition coefficient (Wildman–Crippen LogP) is 12.0. The maximum atomic E-state index is 14.5. The van der Waals surface area contributed by atoms with E-state index in [1.807, 2.05) is 45.9 Å². The van der Waals surface area contributed by atoms with Gasteiger partial charge >= 0.3 is 6.18 Å². The molecular formula is C43H32F3N3. The van der Waals surface area contributed by atoms with Crippen LogP contribution in [0.2, 0.25) is 0 Å². The van der Waals surface area contributed by atoms with Gasteiger partial charge in [0.25, 0.3) is 0 Å². The summed E-state index contributed by atoms with van der Waals surface area (Å²) in [4.78, 5) is 0. The molecule has 0 aliphatic carbocycles. The molecule has 2 heterocycles. The van der Waals surface area contributed by atoms with Crippen molar-refractivity contribution >= 4 is 43.6 Å². The summed E-state index contributed by atoms with van der Waals surface area (Å²) in [5.41, 5.74) is 10.4. The molecule has 0 amide bonds. The third kappa shape index (κ3) is 4.88. The van der Waals surface area contributed by atoms with Gasteiger partial charge in [0.15, 0.2) is 0 Å². The molecule has 6 heteroatoms. The van der Waals surface area contributed by atoms with E-state index in [4.69, 9.17) is 0 Å². The highest BCUT2D eigenvalue weighted by Gasteiger charge is 2.32. The minimum absolute atomic E-state index is 0.406. The van der Waals surface area contributed by atoms with Crippen molar-refractivity contribution in [2.45, 2.75) is 40.8 Å². The van der Waals surface area contributed by atoms with E-state index < -0.39 is 11.7 Å². The van der Waals surface area contributed by atoms with Crippen molar-refractivity contribution in [1.29, 1.82) is 5.26 Å². The number of aryl methyl sites for hydroxylation is 5. The second-order valence-corrected chi connectivity index (χ2v) is 13.3. The summed E-state index contributed by atoms with van der Waals surface area (Å²) in [5.74, 6) is 0. The maximum Gasteiger partial charge on any atom is 0.416 e. The Labute approximate surface area is 282 Å². The van der Waals surface area contributed by atoms with Crippen LogP contribution >= 0.6 is 0 Å². The van der Waals surface area contributed by atoms with Crippen LogP contribution in [0.4, 0.5) is 13.2 Å². The molecule has 2 aromatic heterocycles. The smallest absolute Gasteiger partial charge is 0.308 e. The van der Waals surface area contributed by atoms with Crippen molar-refractivity contribution in [3.63, 3.8) is 0 Å². The summed E-state index contributed by atoms with van der Waals surface area (Å²) in [5, 5.41) is 14.7. The molecule has 0 saturated heterocycles. The van der Waals surface area contributed by atoms with Crippen molar-refractivity contribution in [3.05, 3.63) is 142 Å². The molecule has 8 rings (SSSR count). The van der Waals surface area contributed by atoms with Gasteiger partial charge in [-0.1, -0.05) is 54.6 Å². The van der Waals surface area contributed by atoms with Crippen molar-refractivity contribution in [2.24, 2.45) is 0 Å². The molecule has 0 aliphatic rings. The van der Waals surface area contributed by atoms with Gasteiger partial charge in [-0.2, -0.15) is 18.4 Å². The average Bonchev–Trinajstić information content (AvgIpc) is 3.53. The van der Waals surface area contributed by atoms with E-state index in [2.05, 4.69) is 88.0 Å². The molecule has 49 heavy (non-hydrogen) atoms. The quantitative estimate of drug-likeness (QED) is 0.188. The number of rotatable bonds is 3. The number of hydrogen-bond donors (Lipinski definition) is 0. The molecule has 0 radical (unpaired) electrons. The molecule has 8 aromatic rings. The Balaban J connectivity index is 1.64. The number of nitriles is 1. The molecule has 0 spiro atoms. The molecular weight excluding hydrogens is 615 g/mol. The van der Waals surface area contributed by atoms with Gasteiger partial charge in [0.05, 0.1) is 50.6 Å². The molecule has 0 atom stereocenters. The van der Waals surface area contributed by atoms with Crippen LogP contribution in [0.1, 0.15) is 38.9 Å². The van der Waals surface area contributed by atoms with Gasteiger partial charge in [0, 0.05) is 27.1 Å². The van der Waals surface area contributed by atoms with E-state index in [1.165, 1.54) is 12.1 Å². The predicted molar refractivity (Wildman–Crippen MR) is 194 cm³/mol. The Morgan fingerprint density at radius 2 is 0.878 bits per heavy atom. The number of hydrogen-bond acceptors (Lipinski definition) is 1. The van der Waals surface area contributed by atoms with E-state index in [0.717, 1.165) is 65.9 Å². The number of fused-ring (bicyclic) bond motifs is 6. The van der Waals surface area contributed by atoms with E-state index >= 15 is 0 Å². The van der Waals surface area contributed by atoms with E-state index in [-0.39, 0.29) is 0 Å². The largest absolute Gasteiger partial charge is 0.416 e. The van der Waals surface area contributed by atoms with Gasteiger partial charge in [-0.05, 0) is 117 Å². The second-order valence-electron chi connectivity index (χ2n) is 13.3. The zero-order valence-electron chi connectivity index (χ0n) is 27.8. The molecule has 0 saturated carbocycles. The van der Waals surface area contributed by atoms with E-state index in [9.17, 15) is 18.4 Å². The summed E-state index contributed by atoms with van der Waals surface area (Å²) in [6.07, 6.45) is -4.55. The Hall–Kier alpha value is -5.80. The number of benzene rings is 6. The second kappa shape index (κ2) is 10.9. The number of aromatic nitrogens is 2. The first kappa shape index (κ1) is 30.5. The monoisotopic (exact) mass is 647 g/mol. The third-order valence-electron chi connectivity index (χ3n) is 9.56. The lowest BCUT2D eigenvalue weighted by Crippen LogP contribution is -2.08. The maximum absolute atomic E-state index is 14.5. The molecule has 6 aromatic carbocycles. The van der Waals surface area contributed by atoms with Gasteiger partial charge < -0.3 is 9.13 Å². The first-order valence-corrected chi connectivity index (χ1v) is 16.2. The Bertz CT molecular complexity index is 2450. The molecule has 0 aliphatic heterocycles. The third-order valence-corrected chi connectivity index (χ3v) is 9.56. The standard InChI is InChI=1S/C43H32F3N3/c1-24-6-10-32-33-11-7-25(2)17-37(33)48(36(32)16-24)40-20-29(23-47)21-41(42(40)30-14-28(5)15-31(22-30)43(44,45)46)49-38-18-26(3)8-12-34(38)35-13-9-27(4)19-39(35)49/h6-22H,1-5H3. The zero-order chi connectivity index (χ0) is 34.4. The first-order chi connectivity index (χ1) is 23.4. The molecule has 0 unspecified atom stereocenters. The Morgan fingerprint density at radius 1 is 0.490 bits per heavy atom. The summed E-state index contributed by atoms with van der Waals surface area (Å²) in [6.45, 7) is 9.82. The fraction of sp³-hybridized carbons (Fsp3) is 0.140. The SMILES string of the molecule is Cc1cc(-c2c(-n3c4cc(C)ccc4c4ccc(C)cc43)cc(C#N)cc2-n2c3cc(C)ccc3c3ccc(C)cc32)cc(C(F)(F)F)c1. The minimum atomic E-state index is -4.55. The van der Waals surface area contributed by atoms with E-state index in [0.29, 0.717) is 33.6 Å². The van der Waals surface area contributed by atoms with Gasteiger partial charge in [0.1, 0.15) is 0 Å². The topological polar surface area (TPSA) is 33.6 Å². The van der Waals surface area contributed by atoms with Gasteiger partial charge in [-0.15, -0.1) is 0 Å². The summed E-state index contributed by atoms with van der Waals surface area (Å²) < 4.78 is 47.7. The van der Waals surface area contributed by atoms with Crippen molar-refractivity contribution < 1.29 is 13.2 Å². The normalized spacial score (nSPS) is 12.1. The average molecular weight is 648 g/mol. The summed E-state index contributed by atoms with van der Waals surface area (Å²) in [7, 11) is 0. The van der Waals surface area contributed by atoms with Gasteiger partial charge in [-0.3, -0.25) is 0 Å². The van der Waals surface area contributed by atoms with Crippen LogP contribution in [-0.4, -0.2) is 9.13 Å². The van der Waals surface area contributed by atoms with Gasteiger partial charge in [-0.25, -0.2) is 0 Å². The van der Waals surface area contributed by atoms with Crippen molar-refractivity contribution in [1.82, 2.24) is 9.13 Å². The van der Waals surface area contributed by atoms with E-state index in [1.54, 1.807) is 6.92 Å². The van der Waals surface area contributed by atoms with Crippen LogP contribution in [0, 0.1) is 45.9 Å². The van der Waals surface area contributed by atoms with Crippen LogP contribution in [0.25, 0.3) is 66.1 Å². The Kier molecular flexibility index (Phi) is 6.77. The van der Waals surface area contributed by atoms with Crippen LogP contribution in [0.15, 0.2) is 103 Å². The fourth-order valence-corrected chi connectivity index (χ4v) is 7.41. The zero-order valence-corrected chi connectivity index (χ0v) is 27.8. The molecule has 0 bridgehead atoms. The first-order valence-electron chi connectivity index (χ1n) is 16.2. The molecule has 0 fully saturated rings. The fourth-order valence-electron chi connectivity index (χ4n) is 7.41. The summed E-state index contributed by atoms with van der Waals surface area (Å²) >= 11 is 0. The number of alkyl halides is 3. The lowest BCUT2D eigenvalue weighted by molar-refractivity contribution is -0.137. The van der Waals surface area contributed by atoms with Crippen LogP contribution in [-0.2, 0) is 6.18 Å². The highest BCUT2D eigenvalue weighted by molar-refractivity contribution is 6.12. The lowest BCUT2D eigenvalue weighted by Gasteiger charge is -2.22. The summed E-state index contributed by atoms with van der Waals surface area (Å²) in [6, 6.07) is 35.4. The molecule has 240 valence electrons. The van der Waals surface area contributed by atoms with Crippen LogP contribution in [0.5, 0.6) is 0 Å². The van der Waals surface area contributed by atoms with Crippen molar-refractivity contribution in [2.75, 3.05) is 0 Å². The lowest BCUT2D eigenvalue weighted by atomic mass is 9.95. The number of halogens is 3.